The van der Waals surface area contributed by atoms with Crippen molar-refractivity contribution in [1.29, 1.82) is 0 Å². The van der Waals surface area contributed by atoms with Gasteiger partial charge in [0.25, 0.3) is 0 Å². The quantitative estimate of drug-likeness (QED) is 0.530. The standard InChI is InChI=1S/C26H36N4O3/c1-33-24-11-8-22(17-28-24)21(16-25(31)32)5-3-14-30-15-12-19(18-30)6-9-23-10-7-20-4-2-13-27-26(20)29-23/h7-8,10-11,17,19,21H,2-6,9,12-16,18H2,1H3,(H,27,29)(H,31,32)/t19-,21?/m0/s1. The van der Waals surface area contributed by atoms with Crippen molar-refractivity contribution in [2.24, 2.45) is 5.92 Å². The molecule has 1 fully saturated rings. The van der Waals surface area contributed by atoms with Crippen LogP contribution in [0.5, 0.6) is 5.88 Å². The summed E-state index contributed by atoms with van der Waals surface area (Å²) in [6, 6.07) is 8.20. The van der Waals surface area contributed by atoms with E-state index in [2.05, 4.69) is 27.3 Å². The Bertz CT molecular complexity index is 918. The lowest BCUT2D eigenvalue weighted by Crippen LogP contribution is -2.22. The van der Waals surface area contributed by atoms with E-state index in [1.807, 2.05) is 12.1 Å². The van der Waals surface area contributed by atoms with Crippen molar-refractivity contribution in [3.63, 3.8) is 0 Å². The number of rotatable bonds is 11. The fourth-order valence-corrected chi connectivity index (χ4v) is 5.12. The molecule has 0 radical (unpaired) electrons. The van der Waals surface area contributed by atoms with Gasteiger partial charge in [0, 0.05) is 31.0 Å². The average Bonchev–Trinajstić information content (AvgIpc) is 3.29. The molecule has 0 aromatic carbocycles. The molecule has 4 rings (SSSR count). The summed E-state index contributed by atoms with van der Waals surface area (Å²) in [5.41, 5.74) is 3.53. The van der Waals surface area contributed by atoms with Crippen molar-refractivity contribution in [2.45, 2.75) is 57.3 Å². The number of aliphatic carboxylic acids is 1. The first-order valence-corrected chi connectivity index (χ1v) is 12.3. The maximum Gasteiger partial charge on any atom is 0.303 e. The topological polar surface area (TPSA) is 87.6 Å². The number of nitrogens with one attached hydrogen (secondary N) is 1. The van der Waals surface area contributed by atoms with Gasteiger partial charge < -0.3 is 20.1 Å². The Labute approximate surface area is 196 Å². The zero-order chi connectivity index (χ0) is 23.0. The summed E-state index contributed by atoms with van der Waals surface area (Å²) in [5, 5.41) is 12.8. The molecule has 33 heavy (non-hydrogen) atoms. The third kappa shape index (κ3) is 6.67. The van der Waals surface area contributed by atoms with E-state index < -0.39 is 5.97 Å². The van der Waals surface area contributed by atoms with Crippen LogP contribution in [0.1, 0.15) is 61.3 Å². The maximum absolute atomic E-state index is 11.4. The number of ether oxygens (including phenoxy) is 1. The Balaban J connectivity index is 1.21. The van der Waals surface area contributed by atoms with Crippen LogP contribution in [0.2, 0.25) is 0 Å². The van der Waals surface area contributed by atoms with E-state index in [0.29, 0.717) is 5.88 Å². The number of nitrogens with zero attached hydrogens (tertiary/aromatic N) is 3. The molecule has 0 spiro atoms. The summed E-state index contributed by atoms with van der Waals surface area (Å²) in [6.45, 7) is 4.33. The summed E-state index contributed by atoms with van der Waals surface area (Å²) in [4.78, 5) is 23.0. The molecule has 0 saturated carbocycles. The highest BCUT2D eigenvalue weighted by atomic mass is 16.5. The molecule has 4 heterocycles. The molecule has 2 atom stereocenters. The summed E-state index contributed by atoms with van der Waals surface area (Å²) in [7, 11) is 1.58. The number of hydrogen-bond donors (Lipinski definition) is 2. The number of aryl methyl sites for hydroxylation is 2. The van der Waals surface area contributed by atoms with E-state index in [1.165, 1.54) is 30.5 Å². The minimum Gasteiger partial charge on any atom is -0.481 e. The van der Waals surface area contributed by atoms with Gasteiger partial charge in [0.1, 0.15) is 5.82 Å². The minimum absolute atomic E-state index is 0.0111. The van der Waals surface area contributed by atoms with E-state index in [1.54, 1.807) is 13.3 Å². The predicted molar refractivity (Wildman–Crippen MR) is 129 cm³/mol. The molecule has 0 amide bonds. The summed E-state index contributed by atoms with van der Waals surface area (Å²) < 4.78 is 5.12. The zero-order valence-corrected chi connectivity index (χ0v) is 19.6. The number of carboxylic acid groups (broad SMARTS) is 1. The van der Waals surface area contributed by atoms with Crippen LogP contribution in [0.25, 0.3) is 0 Å². The van der Waals surface area contributed by atoms with Crippen molar-refractivity contribution < 1.29 is 14.6 Å². The molecule has 178 valence electrons. The van der Waals surface area contributed by atoms with E-state index >= 15 is 0 Å². The number of anilines is 1. The highest BCUT2D eigenvalue weighted by Gasteiger charge is 2.23. The summed E-state index contributed by atoms with van der Waals surface area (Å²) in [6.07, 6.45) is 9.53. The number of likely N-dealkylation sites (tertiary alicyclic amines) is 1. The number of carboxylic acids is 1. The molecule has 1 unspecified atom stereocenters. The molecule has 2 aromatic heterocycles. The molecule has 1 saturated heterocycles. The van der Waals surface area contributed by atoms with Crippen molar-refractivity contribution in [1.82, 2.24) is 14.9 Å². The highest BCUT2D eigenvalue weighted by molar-refractivity contribution is 5.68. The first-order valence-electron chi connectivity index (χ1n) is 12.3. The fraction of sp³-hybridized carbons (Fsp3) is 0.577. The smallest absolute Gasteiger partial charge is 0.303 e. The van der Waals surface area contributed by atoms with Crippen molar-refractivity contribution in [3.8, 4) is 5.88 Å². The lowest BCUT2D eigenvalue weighted by Gasteiger charge is -2.19. The van der Waals surface area contributed by atoms with Crippen LogP contribution in [0.3, 0.4) is 0 Å². The van der Waals surface area contributed by atoms with Crippen molar-refractivity contribution in [3.05, 3.63) is 47.3 Å². The van der Waals surface area contributed by atoms with Gasteiger partial charge in [-0.3, -0.25) is 4.79 Å². The summed E-state index contributed by atoms with van der Waals surface area (Å²) >= 11 is 0. The van der Waals surface area contributed by atoms with Crippen LogP contribution < -0.4 is 10.1 Å². The van der Waals surface area contributed by atoms with E-state index in [4.69, 9.17) is 9.72 Å². The molecule has 2 aliphatic heterocycles. The van der Waals surface area contributed by atoms with Crippen LogP contribution in [0.15, 0.2) is 30.5 Å². The second-order valence-corrected chi connectivity index (χ2v) is 9.41. The monoisotopic (exact) mass is 452 g/mol. The molecule has 7 heteroatoms. The second kappa shape index (κ2) is 11.5. The molecule has 2 aromatic rings. The number of hydrogen-bond acceptors (Lipinski definition) is 6. The van der Waals surface area contributed by atoms with Gasteiger partial charge in [0.15, 0.2) is 0 Å². The highest BCUT2D eigenvalue weighted by Crippen LogP contribution is 2.28. The first-order chi connectivity index (χ1) is 16.1. The molecule has 0 aliphatic carbocycles. The lowest BCUT2D eigenvalue weighted by atomic mass is 9.92. The number of pyridine rings is 2. The third-order valence-electron chi connectivity index (χ3n) is 7.02. The van der Waals surface area contributed by atoms with Crippen LogP contribution in [-0.2, 0) is 17.6 Å². The second-order valence-electron chi connectivity index (χ2n) is 9.41. The Kier molecular flexibility index (Phi) is 8.15. The minimum atomic E-state index is -0.761. The van der Waals surface area contributed by atoms with Crippen LogP contribution in [0, 0.1) is 5.92 Å². The van der Waals surface area contributed by atoms with E-state index in [0.717, 1.165) is 69.2 Å². The number of aromatic nitrogens is 2. The van der Waals surface area contributed by atoms with Gasteiger partial charge in [-0.25, -0.2) is 9.97 Å². The van der Waals surface area contributed by atoms with Crippen LogP contribution in [0.4, 0.5) is 5.82 Å². The first kappa shape index (κ1) is 23.5. The molecular formula is C26H36N4O3. The van der Waals surface area contributed by atoms with Gasteiger partial charge in [0.05, 0.1) is 13.5 Å². The molecular weight excluding hydrogens is 416 g/mol. The Morgan fingerprint density at radius 2 is 2.24 bits per heavy atom. The van der Waals surface area contributed by atoms with Gasteiger partial charge in [0.2, 0.25) is 5.88 Å². The normalized spacial score (nSPS) is 19.0. The Hall–Kier alpha value is -2.67. The molecule has 0 bridgehead atoms. The van der Waals surface area contributed by atoms with Crippen LogP contribution in [-0.4, -0.2) is 59.2 Å². The number of methoxy groups -OCH3 is 1. The number of carbonyl (C=O) groups is 1. The lowest BCUT2D eigenvalue weighted by molar-refractivity contribution is -0.137. The van der Waals surface area contributed by atoms with Crippen LogP contribution >= 0.6 is 0 Å². The maximum atomic E-state index is 11.4. The fourth-order valence-electron chi connectivity index (χ4n) is 5.12. The summed E-state index contributed by atoms with van der Waals surface area (Å²) in [5.74, 6) is 1.59. The number of fused-ring (bicyclic) bond motifs is 1. The van der Waals surface area contributed by atoms with E-state index in [9.17, 15) is 9.90 Å². The Morgan fingerprint density at radius 3 is 3.03 bits per heavy atom. The third-order valence-corrected chi connectivity index (χ3v) is 7.02. The Morgan fingerprint density at radius 1 is 1.33 bits per heavy atom. The van der Waals surface area contributed by atoms with E-state index in [-0.39, 0.29) is 12.3 Å². The van der Waals surface area contributed by atoms with Gasteiger partial charge in [-0.2, -0.15) is 0 Å². The zero-order valence-electron chi connectivity index (χ0n) is 19.6. The van der Waals surface area contributed by atoms with Gasteiger partial charge in [-0.1, -0.05) is 12.1 Å². The molecule has 2 N–H and O–H groups in total. The van der Waals surface area contributed by atoms with Gasteiger partial charge in [-0.15, -0.1) is 0 Å². The molecule has 2 aliphatic rings. The average molecular weight is 453 g/mol. The van der Waals surface area contributed by atoms with Crippen molar-refractivity contribution >= 4 is 11.8 Å². The van der Waals surface area contributed by atoms with Gasteiger partial charge in [-0.05, 0) is 87.1 Å². The van der Waals surface area contributed by atoms with Crippen molar-refractivity contribution in [2.75, 3.05) is 38.6 Å². The molecule has 7 nitrogen and oxygen atoms in total. The predicted octanol–water partition coefficient (Wildman–Crippen LogP) is 4.14. The largest absolute Gasteiger partial charge is 0.481 e. The van der Waals surface area contributed by atoms with Gasteiger partial charge >= 0.3 is 5.97 Å². The SMILES string of the molecule is COc1ccc(C(CCCN2CC[C@H](CCc3ccc4c(n3)NCCC4)C2)CC(=O)O)cn1.